The number of rotatable bonds is 3. The van der Waals surface area contributed by atoms with Gasteiger partial charge in [0.25, 0.3) is 0 Å². The van der Waals surface area contributed by atoms with Crippen molar-refractivity contribution in [2.24, 2.45) is 0 Å². The number of fused-ring (bicyclic) bond motifs is 1. The van der Waals surface area contributed by atoms with Gasteiger partial charge >= 0.3 is 0 Å². The zero-order valence-electron chi connectivity index (χ0n) is 12.0. The summed E-state index contributed by atoms with van der Waals surface area (Å²) < 4.78 is 0. The lowest BCUT2D eigenvalue weighted by atomic mass is 10.0. The molecule has 0 bridgehead atoms. The number of hydrogen-bond acceptors (Lipinski definition) is 2. The Morgan fingerprint density at radius 2 is 1.67 bits per heavy atom. The summed E-state index contributed by atoms with van der Waals surface area (Å²) in [4.78, 5) is 2.49. The van der Waals surface area contributed by atoms with Crippen LogP contribution in [0.1, 0.15) is 11.6 Å². The van der Waals surface area contributed by atoms with Gasteiger partial charge in [0.1, 0.15) is 0 Å². The second kappa shape index (κ2) is 8.40. The van der Waals surface area contributed by atoms with Crippen LogP contribution < -0.4 is 5.32 Å². The van der Waals surface area contributed by atoms with Crippen LogP contribution in [0.25, 0.3) is 10.8 Å². The Morgan fingerprint density at radius 1 is 1.00 bits per heavy atom. The maximum Gasteiger partial charge on any atom is 0.0530 e. The first-order chi connectivity index (χ1) is 9.38. The van der Waals surface area contributed by atoms with Crippen LogP contribution >= 0.6 is 24.8 Å². The third-order valence-electron chi connectivity index (χ3n) is 3.88. The van der Waals surface area contributed by atoms with Crippen LogP contribution in [0.2, 0.25) is 0 Å². The van der Waals surface area contributed by atoms with Gasteiger partial charge in [-0.05, 0) is 22.4 Å². The van der Waals surface area contributed by atoms with E-state index in [2.05, 4.69) is 65.3 Å². The second-order valence-electron chi connectivity index (χ2n) is 5.07. The van der Waals surface area contributed by atoms with Crippen LogP contribution in [0, 0.1) is 0 Å². The Hall–Kier alpha value is -1.06. The number of nitrogens with one attached hydrogen (secondary N) is 1. The van der Waals surface area contributed by atoms with Gasteiger partial charge in [0.05, 0.1) is 6.04 Å². The minimum Gasteiger partial charge on any atom is -0.314 e. The summed E-state index contributed by atoms with van der Waals surface area (Å²) in [5.41, 5.74) is 1.34. The van der Waals surface area contributed by atoms with Crippen LogP contribution in [0.4, 0.5) is 0 Å². The lowest BCUT2D eigenvalue weighted by molar-refractivity contribution is 0.203. The quantitative estimate of drug-likeness (QED) is 0.863. The lowest BCUT2D eigenvalue weighted by Gasteiger charge is -2.33. The molecule has 2 aromatic carbocycles. The van der Waals surface area contributed by atoms with Gasteiger partial charge in [0.2, 0.25) is 0 Å². The number of hydrogen-bond donors (Lipinski definition) is 1. The van der Waals surface area contributed by atoms with Crippen molar-refractivity contribution in [3.8, 4) is 0 Å². The molecule has 4 heteroatoms. The first-order valence-corrected chi connectivity index (χ1v) is 6.94. The Kier molecular flexibility index (Phi) is 7.20. The fraction of sp³-hybridized carbons (Fsp3) is 0.294. The van der Waals surface area contributed by atoms with Crippen LogP contribution in [-0.2, 0) is 0 Å². The maximum atomic E-state index is 4.03. The van der Waals surface area contributed by atoms with Gasteiger partial charge in [0, 0.05) is 26.2 Å². The predicted octanol–water partition coefficient (Wildman–Crippen LogP) is 3.82. The maximum absolute atomic E-state index is 4.03. The molecule has 0 aliphatic carbocycles. The van der Waals surface area contributed by atoms with E-state index in [1.54, 1.807) is 0 Å². The molecule has 0 spiro atoms. The molecule has 0 unspecified atom stereocenters. The SMILES string of the molecule is C=C[C@H](c1ccc2ccccc2c1)N1CCNCC1.Cl.Cl. The second-order valence-corrected chi connectivity index (χ2v) is 5.07. The van der Waals surface area contributed by atoms with E-state index in [0.29, 0.717) is 6.04 Å². The molecular formula is C17H22Cl2N2. The zero-order valence-corrected chi connectivity index (χ0v) is 13.6. The van der Waals surface area contributed by atoms with Crippen molar-refractivity contribution in [2.45, 2.75) is 6.04 Å². The number of halogens is 2. The highest BCUT2D eigenvalue weighted by Gasteiger charge is 2.19. The summed E-state index contributed by atoms with van der Waals surface area (Å²) in [6, 6.07) is 15.6. The normalized spacial score (nSPS) is 16.6. The van der Waals surface area contributed by atoms with Crippen molar-refractivity contribution in [1.82, 2.24) is 10.2 Å². The van der Waals surface area contributed by atoms with Gasteiger partial charge in [-0.1, -0.05) is 42.5 Å². The summed E-state index contributed by atoms with van der Waals surface area (Å²) in [5.74, 6) is 0. The molecule has 1 N–H and O–H groups in total. The van der Waals surface area contributed by atoms with E-state index in [-0.39, 0.29) is 24.8 Å². The first kappa shape index (κ1) is 18.0. The fourth-order valence-electron chi connectivity index (χ4n) is 2.85. The van der Waals surface area contributed by atoms with Crippen molar-refractivity contribution in [1.29, 1.82) is 0 Å². The molecule has 2 aromatic rings. The Balaban J connectivity index is 0.00000110. The number of benzene rings is 2. The molecule has 0 aromatic heterocycles. The van der Waals surface area contributed by atoms with E-state index in [4.69, 9.17) is 0 Å². The van der Waals surface area contributed by atoms with Gasteiger partial charge < -0.3 is 5.32 Å². The third kappa shape index (κ3) is 3.98. The highest BCUT2D eigenvalue weighted by atomic mass is 35.5. The van der Waals surface area contributed by atoms with Crippen molar-refractivity contribution in [3.63, 3.8) is 0 Å². The van der Waals surface area contributed by atoms with Crippen molar-refractivity contribution >= 4 is 35.6 Å². The molecule has 3 rings (SSSR count). The van der Waals surface area contributed by atoms with Gasteiger partial charge in [0.15, 0.2) is 0 Å². The average molecular weight is 325 g/mol. The lowest BCUT2D eigenvalue weighted by Crippen LogP contribution is -2.44. The predicted molar refractivity (Wildman–Crippen MR) is 95.8 cm³/mol. The largest absolute Gasteiger partial charge is 0.314 e. The minimum atomic E-state index is 0. The van der Waals surface area contributed by atoms with E-state index in [9.17, 15) is 0 Å². The van der Waals surface area contributed by atoms with E-state index in [0.717, 1.165) is 26.2 Å². The van der Waals surface area contributed by atoms with Gasteiger partial charge in [-0.15, -0.1) is 31.4 Å². The average Bonchev–Trinajstić information content (AvgIpc) is 2.49. The standard InChI is InChI=1S/C17H20N2.2ClH/c1-2-17(19-11-9-18-10-12-19)16-8-7-14-5-3-4-6-15(14)13-16;;/h2-8,13,17-18H,1,9-12H2;2*1H/t17-;;/m1../s1. The fourth-order valence-corrected chi connectivity index (χ4v) is 2.85. The minimum absolute atomic E-state index is 0. The number of nitrogens with zero attached hydrogens (tertiary/aromatic N) is 1. The van der Waals surface area contributed by atoms with E-state index in [1.165, 1.54) is 16.3 Å². The van der Waals surface area contributed by atoms with Crippen LogP contribution in [0.5, 0.6) is 0 Å². The summed E-state index contributed by atoms with van der Waals surface area (Å²) in [6.07, 6.45) is 2.06. The van der Waals surface area contributed by atoms with Crippen molar-refractivity contribution < 1.29 is 0 Å². The smallest absolute Gasteiger partial charge is 0.0530 e. The van der Waals surface area contributed by atoms with Gasteiger partial charge in [-0.2, -0.15) is 0 Å². The van der Waals surface area contributed by atoms with E-state index in [1.807, 2.05) is 0 Å². The molecule has 2 nitrogen and oxygen atoms in total. The van der Waals surface area contributed by atoms with E-state index < -0.39 is 0 Å². The highest BCUT2D eigenvalue weighted by molar-refractivity contribution is 5.85. The molecule has 21 heavy (non-hydrogen) atoms. The molecule has 1 aliphatic rings. The van der Waals surface area contributed by atoms with Crippen LogP contribution in [0.15, 0.2) is 55.1 Å². The molecular weight excluding hydrogens is 303 g/mol. The summed E-state index contributed by atoms with van der Waals surface area (Å²) in [6.45, 7) is 8.34. The van der Waals surface area contributed by atoms with E-state index >= 15 is 0 Å². The molecule has 0 saturated carbocycles. The van der Waals surface area contributed by atoms with Crippen LogP contribution in [-0.4, -0.2) is 31.1 Å². The highest BCUT2D eigenvalue weighted by Crippen LogP contribution is 2.25. The summed E-state index contributed by atoms with van der Waals surface area (Å²) in [7, 11) is 0. The van der Waals surface area contributed by atoms with Crippen LogP contribution in [0.3, 0.4) is 0 Å². The zero-order chi connectivity index (χ0) is 13.1. The molecule has 0 radical (unpaired) electrons. The third-order valence-corrected chi connectivity index (χ3v) is 3.88. The summed E-state index contributed by atoms with van der Waals surface area (Å²) >= 11 is 0. The molecule has 1 heterocycles. The Bertz CT molecular complexity index is 580. The van der Waals surface area contributed by atoms with Crippen molar-refractivity contribution in [2.75, 3.05) is 26.2 Å². The first-order valence-electron chi connectivity index (χ1n) is 6.94. The Labute approximate surface area is 139 Å². The monoisotopic (exact) mass is 324 g/mol. The topological polar surface area (TPSA) is 15.3 Å². The molecule has 1 saturated heterocycles. The molecule has 1 atom stereocenters. The molecule has 1 fully saturated rings. The van der Waals surface area contributed by atoms with Crippen molar-refractivity contribution in [3.05, 3.63) is 60.7 Å². The molecule has 1 aliphatic heterocycles. The van der Waals surface area contributed by atoms with Gasteiger partial charge in [-0.3, -0.25) is 4.90 Å². The molecule has 114 valence electrons. The molecule has 0 amide bonds. The Morgan fingerprint density at radius 3 is 2.33 bits per heavy atom. The summed E-state index contributed by atoms with van der Waals surface area (Å²) in [5, 5.41) is 6.01. The number of piperazine rings is 1. The van der Waals surface area contributed by atoms with Gasteiger partial charge in [-0.25, -0.2) is 0 Å².